The highest BCUT2D eigenvalue weighted by Crippen LogP contribution is 2.15. The largest absolute Gasteiger partial charge is 0.409 e. The molecule has 15 heavy (non-hydrogen) atoms. The first-order chi connectivity index (χ1) is 7.07. The van der Waals surface area contributed by atoms with Gasteiger partial charge in [-0.25, -0.2) is 0 Å². The van der Waals surface area contributed by atoms with E-state index in [0.717, 1.165) is 19.3 Å². The molecule has 0 spiro atoms. The Morgan fingerprint density at radius 2 is 2.20 bits per heavy atom. The van der Waals surface area contributed by atoms with Gasteiger partial charge in [-0.05, 0) is 40.3 Å². The molecule has 1 rings (SSSR count). The van der Waals surface area contributed by atoms with Gasteiger partial charge in [0.25, 0.3) is 0 Å². The molecular formula is C10H19N3O2. The predicted molar refractivity (Wildman–Crippen MR) is 57.9 cm³/mol. The van der Waals surface area contributed by atoms with Crippen LogP contribution in [0.2, 0.25) is 0 Å². The number of rotatable bonds is 1. The lowest BCUT2D eigenvalue weighted by molar-refractivity contribution is -0.131. The molecule has 1 atom stereocenters. The van der Waals surface area contributed by atoms with Crippen LogP contribution in [0.1, 0.15) is 26.2 Å². The molecule has 0 saturated carbocycles. The molecule has 1 heterocycles. The number of carbonyl (C=O) groups excluding carboxylic acids is 1. The van der Waals surface area contributed by atoms with Gasteiger partial charge in [0, 0.05) is 6.54 Å². The van der Waals surface area contributed by atoms with Crippen LogP contribution in [0.5, 0.6) is 0 Å². The van der Waals surface area contributed by atoms with Crippen LogP contribution in [0.25, 0.3) is 0 Å². The van der Waals surface area contributed by atoms with Crippen LogP contribution in [0, 0.1) is 0 Å². The van der Waals surface area contributed by atoms with E-state index in [-0.39, 0.29) is 11.9 Å². The van der Waals surface area contributed by atoms with Gasteiger partial charge in [-0.3, -0.25) is 14.6 Å². The molecule has 0 bridgehead atoms. The van der Waals surface area contributed by atoms with Crippen LogP contribution in [-0.2, 0) is 4.79 Å². The Balaban J connectivity index is 2.84. The molecule has 0 radical (unpaired) electrons. The summed E-state index contributed by atoms with van der Waals surface area (Å²) in [5, 5.41) is 11.8. The topological polar surface area (TPSA) is 56.1 Å². The molecule has 5 nitrogen and oxygen atoms in total. The van der Waals surface area contributed by atoms with Crippen molar-refractivity contribution in [3.05, 3.63) is 0 Å². The van der Waals surface area contributed by atoms with Crippen molar-refractivity contribution in [1.29, 1.82) is 0 Å². The Morgan fingerprint density at radius 3 is 2.73 bits per heavy atom. The van der Waals surface area contributed by atoms with Gasteiger partial charge in [-0.1, -0.05) is 5.16 Å². The molecule has 0 aromatic carbocycles. The van der Waals surface area contributed by atoms with Gasteiger partial charge in [0.2, 0.25) is 5.91 Å². The van der Waals surface area contributed by atoms with E-state index in [1.165, 1.54) is 0 Å². The van der Waals surface area contributed by atoms with Crippen LogP contribution < -0.4 is 0 Å². The van der Waals surface area contributed by atoms with Crippen molar-refractivity contribution >= 4 is 11.7 Å². The zero-order valence-corrected chi connectivity index (χ0v) is 9.60. The summed E-state index contributed by atoms with van der Waals surface area (Å²) in [5.41, 5.74) is 0. The summed E-state index contributed by atoms with van der Waals surface area (Å²) in [6.07, 6.45) is 2.87. The number of oxime groups is 1. The third-order valence-electron chi connectivity index (χ3n) is 2.82. The van der Waals surface area contributed by atoms with Crippen molar-refractivity contribution in [1.82, 2.24) is 9.80 Å². The smallest absolute Gasteiger partial charge is 0.245 e. The van der Waals surface area contributed by atoms with Gasteiger partial charge in [0.15, 0.2) is 0 Å². The highest BCUT2D eigenvalue weighted by Gasteiger charge is 2.29. The fourth-order valence-corrected chi connectivity index (χ4v) is 1.88. The normalized spacial score (nSPS) is 24.5. The van der Waals surface area contributed by atoms with Crippen LogP contribution in [0.15, 0.2) is 5.16 Å². The third kappa shape index (κ3) is 2.68. The van der Waals surface area contributed by atoms with Gasteiger partial charge >= 0.3 is 0 Å². The van der Waals surface area contributed by atoms with E-state index in [2.05, 4.69) is 5.16 Å². The number of nitrogens with zero attached hydrogens (tertiary/aromatic N) is 3. The Morgan fingerprint density at radius 1 is 1.53 bits per heavy atom. The Kier molecular flexibility index (Phi) is 4.08. The van der Waals surface area contributed by atoms with E-state index >= 15 is 0 Å². The van der Waals surface area contributed by atoms with E-state index in [1.807, 2.05) is 19.0 Å². The van der Waals surface area contributed by atoms with Crippen LogP contribution in [0.4, 0.5) is 0 Å². The highest BCUT2D eigenvalue weighted by atomic mass is 16.4. The monoisotopic (exact) mass is 213 g/mol. The summed E-state index contributed by atoms with van der Waals surface area (Å²) >= 11 is 0. The molecule has 86 valence electrons. The average molecular weight is 213 g/mol. The first kappa shape index (κ1) is 12.0. The summed E-state index contributed by atoms with van der Waals surface area (Å²) in [4.78, 5) is 15.6. The quantitative estimate of drug-likeness (QED) is 0.302. The SMILES string of the molecule is C/C(=N\O)N1CCCC[C@H](N(C)C)C1=O. The summed E-state index contributed by atoms with van der Waals surface area (Å²) in [6.45, 7) is 2.30. The number of likely N-dealkylation sites (N-methyl/N-ethyl adjacent to an activating group) is 1. The fraction of sp³-hybridized carbons (Fsp3) is 0.800. The molecule has 1 amide bonds. The van der Waals surface area contributed by atoms with Gasteiger partial charge in [-0.15, -0.1) is 0 Å². The average Bonchev–Trinajstić information content (AvgIpc) is 2.39. The van der Waals surface area contributed by atoms with E-state index in [0.29, 0.717) is 12.4 Å². The molecule has 1 aliphatic heterocycles. The molecule has 5 heteroatoms. The maximum Gasteiger partial charge on any atom is 0.245 e. The second-order valence-corrected chi connectivity index (χ2v) is 4.11. The van der Waals surface area contributed by atoms with E-state index < -0.39 is 0 Å². The van der Waals surface area contributed by atoms with Crippen LogP contribution >= 0.6 is 0 Å². The van der Waals surface area contributed by atoms with Crippen molar-refractivity contribution < 1.29 is 10.0 Å². The summed E-state index contributed by atoms with van der Waals surface area (Å²) < 4.78 is 0. The molecular weight excluding hydrogens is 194 g/mol. The minimum atomic E-state index is -0.0933. The molecule has 1 saturated heterocycles. The Hall–Kier alpha value is -1.10. The zero-order valence-electron chi connectivity index (χ0n) is 9.60. The highest BCUT2D eigenvalue weighted by molar-refractivity contribution is 5.99. The van der Waals surface area contributed by atoms with Crippen molar-refractivity contribution in [3.8, 4) is 0 Å². The first-order valence-corrected chi connectivity index (χ1v) is 5.24. The van der Waals surface area contributed by atoms with E-state index in [1.54, 1.807) is 11.8 Å². The molecule has 0 aromatic heterocycles. The molecule has 1 aliphatic rings. The Labute approximate surface area is 90.3 Å². The summed E-state index contributed by atoms with van der Waals surface area (Å²) in [5.74, 6) is 0.418. The number of amides is 1. The number of hydrogen-bond donors (Lipinski definition) is 1. The van der Waals surface area contributed by atoms with Gasteiger partial charge in [0.1, 0.15) is 5.84 Å². The van der Waals surface area contributed by atoms with E-state index in [9.17, 15) is 4.79 Å². The zero-order chi connectivity index (χ0) is 11.4. The number of likely N-dealkylation sites (tertiary alicyclic amines) is 1. The van der Waals surface area contributed by atoms with Crippen molar-refractivity contribution in [3.63, 3.8) is 0 Å². The summed E-state index contributed by atoms with van der Waals surface area (Å²) in [7, 11) is 3.80. The standard InChI is InChI=1S/C10H19N3O2/c1-8(11-15)13-7-5-4-6-9(10(13)14)12(2)3/h9,15H,4-7H2,1-3H3/b11-8+/t9-/m0/s1. The lowest BCUT2D eigenvalue weighted by Crippen LogP contribution is -2.46. The number of carbonyl (C=O) groups is 1. The number of amidine groups is 1. The minimum Gasteiger partial charge on any atom is -0.409 e. The molecule has 0 aromatic rings. The molecule has 0 unspecified atom stereocenters. The maximum atomic E-state index is 12.1. The molecule has 1 N–H and O–H groups in total. The lowest BCUT2D eigenvalue weighted by Gasteiger charge is -2.26. The maximum absolute atomic E-state index is 12.1. The number of hydrogen-bond acceptors (Lipinski definition) is 4. The molecule has 0 aliphatic carbocycles. The molecule has 1 fully saturated rings. The van der Waals surface area contributed by atoms with E-state index in [4.69, 9.17) is 5.21 Å². The van der Waals surface area contributed by atoms with Crippen LogP contribution in [0.3, 0.4) is 0 Å². The second kappa shape index (κ2) is 5.11. The van der Waals surface area contributed by atoms with Crippen molar-refractivity contribution in [2.45, 2.75) is 32.2 Å². The van der Waals surface area contributed by atoms with Crippen molar-refractivity contribution in [2.24, 2.45) is 5.16 Å². The van der Waals surface area contributed by atoms with Gasteiger partial charge in [0.05, 0.1) is 6.04 Å². The Bertz CT molecular complexity index is 263. The third-order valence-corrected chi connectivity index (χ3v) is 2.82. The predicted octanol–water partition coefficient (Wildman–Crippen LogP) is 0.737. The fourth-order valence-electron chi connectivity index (χ4n) is 1.88. The minimum absolute atomic E-state index is 0.0350. The second-order valence-electron chi connectivity index (χ2n) is 4.11. The van der Waals surface area contributed by atoms with Crippen molar-refractivity contribution in [2.75, 3.05) is 20.6 Å². The lowest BCUT2D eigenvalue weighted by atomic mass is 10.1. The van der Waals surface area contributed by atoms with Gasteiger partial charge < -0.3 is 5.21 Å². The summed E-state index contributed by atoms with van der Waals surface area (Å²) in [6, 6.07) is -0.0933. The first-order valence-electron chi connectivity index (χ1n) is 5.24. The van der Waals surface area contributed by atoms with Gasteiger partial charge in [-0.2, -0.15) is 0 Å². The van der Waals surface area contributed by atoms with Crippen LogP contribution in [-0.4, -0.2) is 53.4 Å².